The summed E-state index contributed by atoms with van der Waals surface area (Å²) in [6.07, 6.45) is 1.65. The van der Waals surface area contributed by atoms with Crippen molar-refractivity contribution in [2.45, 2.75) is 6.10 Å². The van der Waals surface area contributed by atoms with E-state index in [0.717, 1.165) is 17.6 Å². The van der Waals surface area contributed by atoms with Gasteiger partial charge in [-0.2, -0.15) is 0 Å². The Bertz CT molecular complexity index is 382. The quantitative estimate of drug-likeness (QED) is 0.864. The summed E-state index contributed by atoms with van der Waals surface area (Å²) in [5.74, 6) is -0.174. The number of carbonyl (C=O) groups excluding carboxylic acids is 1. The molecule has 2 heterocycles. The number of hydrogen-bond acceptors (Lipinski definition) is 4. The van der Waals surface area contributed by atoms with Gasteiger partial charge in [0.15, 0.2) is 0 Å². The molecular weight excluding hydrogens is 321 g/mol. The molecule has 100 valence electrons. The van der Waals surface area contributed by atoms with Gasteiger partial charge in [-0.15, -0.1) is 12.4 Å². The fraction of sp³-hybridized carbons (Fsp3) is 0.455. The molecule has 1 aliphatic heterocycles. The zero-order chi connectivity index (χ0) is 12.1. The topological polar surface area (TPSA) is 63.2 Å². The molecule has 1 amide bonds. The van der Waals surface area contributed by atoms with E-state index in [1.165, 1.54) is 0 Å². The van der Waals surface area contributed by atoms with E-state index in [2.05, 4.69) is 31.5 Å². The van der Waals surface area contributed by atoms with Gasteiger partial charge in [-0.05, 0) is 28.1 Å². The van der Waals surface area contributed by atoms with Crippen LogP contribution in [0.1, 0.15) is 10.5 Å². The van der Waals surface area contributed by atoms with Crippen molar-refractivity contribution in [1.29, 1.82) is 0 Å². The van der Waals surface area contributed by atoms with E-state index in [0.29, 0.717) is 18.8 Å². The van der Waals surface area contributed by atoms with Crippen molar-refractivity contribution in [1.82, 2.24) is 15.6 Å². The van der Waals surface area contributed by atoms with Crippen LogP contribution >= 0.6 is 28.3 Å². The van der Waals surface area contributed by atoms with E-state index in [9.17, 15) is 4.79 Å². The maximum absolute atomic E-state index is 11.7. The molecule has 1 aromatic rings. The molecule has 5 nitrogen and oxygen atoms in total. The predicted molar refractivity (Wildman–Crippen MR) is 74.1 cm³/mol. The second kappa shape index (κ2) is 7.68. The lowest BCUT2D eigenvalue weighted by Gasteiger charge is -2.23. The zero-order valence-electron chi connectivity index (χ0n) is 9.69. The number of carbonyl (C=O) groups is 1. The normalized spacial score (nSPS) is 18.8. The number of morpholine rings is 1. The molecule has 0 radical (unpaired) electrons. The van der Waals surface area contributed by atoms with E-state index in [-0.39, 0.29) is 24.4 Å². The first-order valence-corrected chi connectivity index (χ1v) is 6.27. The summed E-state index contributed by atoms with van der Waals surface area (Å²) in [5.41, 5.74) is 0.414. The Morgan fingerprint density at radius 2 is 2.44 bits per heavy atom. The summed E-state index contributed by atoms with van der Waals surface area (Å²) in [4.78, 5) is 15.8. The second-order valence-electron chi connectivity index (χ2n) is 3.77. The molecule has 1 saturated heterocycles. The van der Waals surface area contributed by atoms with Crippen molar-refractivity contribution in [3.8, 4) is 0 Å². The monoisotopic (exact) mass is 335 g/mol. The highest BCUT2D eigenvalue weighted by Gasteiger charge is 2.15. The smallest absolute Gasteiger partial charge is 0.269 e. The van der Waals surface area contributed by atoms with E-state index in [1.54, 1.807) is 18.3 Å². The van der Waals surface area contributed by atoms with E-state index >= 15 is 0 Å². The lowest BCUT2D eigenvalue weighted by atomic mass is 10.3. The van der Waals surface area contributed by atoms with Crippen molar-refractivity contribution >= 4 is 34.2 Å². The van der Waals surface area contributed by atoms with Gasteiger partial charge in [0, 0.05) is 30.3 Å². The fourth-order valence-electron chi connectivity index (χ4n) is 1.56. The van der Waals surface area contributed by atoms with E-state index in [4.69, 9.17) is 4.74 Å². The molecule has 18 heavy (non-hydrogen) atoms. The third-order valence-corrected chi connectivity index (χ3v) is 2.92. The molecule has 0 bridgehead atoms. The molecular formula is C11H15BrClN3O2. The van der Waals surface area contributed by atoms with Gasteiger partial charge in [0.05, 0.1) is 12.7 Å². The Hall–Kier alpha value is -0.690. The summed E-state index contributed by atoms with van der Waals surface area (Å²) < 4.78 is 6.33. The largest absolute Gasteiger partial charge is 0.374 e. The molecule has 2 N–H and O–H groups in total. The zero-order valence-corrected chi connectivity index (χ0v) is 12.1. The van der Waals surface area contributed by atoms with Crippen LogP contribution in [-0.4, -0.2) is 43.2 Å². The maximum atomic E-state index is 11.7. The van der Waals surface area contributed by atoms with Crippen molar-refractivity contribution in [2.75, 3.05) is 26.2 Å². The second-order valence-corrected chi connectivity index (χ2v) is 4.68. The molecule has 1 aromatic heterocycles. The minimum Gasteiger partial charge on any atom is -0.374 e. The molecule has 1 unspecified atom stereocenters. The van der Waals surface area contributed by atoms with Gasteiger partial charge >= 0.3 is 0 Å². The number of nitrogens with zero attached hydrogens (tertiary/aromatic N) is 1. The average molecular weight is 337 g/mol. The van der Waals surface area contributed by atoms with Gasteiger partial charge in [-0.25, -0.2) is 4.98 Å². The lowest BCUT2D eigenvalue weighted by Crippen LogP contribution is -2.45. The summed E-state index contributed by atoms with van der Waals surface area (Å²) in [5, 5.41) is 6.01. The Kier molecular flexibility index (Phi) is 6.56. The van der Waals surface area contributed by atoms with Crippen LogP contribution in [0, 0.1) is 0 Å². The summed E-state index contributed by atoms with van der Waals surface area (Å²) in [6.45, 7) is 2.84. The summed E-state index contributed by atoms with van der Waals surface area (Å²) >= 11 is 3.27. The third-order valence-electron chi connectivity index (χ3n) is 2.45. The van der Waals surface area contributed by atoms with Crippen LogP contribution < -0.4 is 10.6 Å². The van der Waals surface area contributed by atoms with E-state index in [1.807, 2.05) is 0 Å². The van der Waals surface area contributed by atoms with Crippen LogP contribution in [0.3, 0.4) is 0 Å². The highest BCUT2D eigenvalue weighted by molar-refractivity contribution is 9.10. The Labute approximate surface area is 120 Å². The molecule has 1 fully saturated rings. The van der Waals surface area contributed by atoms with Crippen molar-refractivity contribution < 1.29 is 9.53 Å². The van der Waals surface area contributed by atoms with Crippen molar-refractivity contribution in [3.05, 3.63) is 28.5 Å². The van der Waals surface area contributed by atoms with Crippen LogP contribution in [0.5, 0.6) is 0 Å². The number of halogens is 2. The average Bonchev–Trinajstić information content (AvgIpc) is 2.38. The lowest BCUT2D eigenvalue weighted by molar-refractivity contribution is 0.0286. The summed E-state index contributed by atoms with van der Waals surface area (Å²) in [6, 6.07) is 3.47. The Balaban J connectivity index is 0.00000162. The first kappa shape index (κ1) is 15.4. The predicted octanol–water partition coefficient (Wildman–Crippen LogP) is 0.984. The van der Waals surface area contributed by atoms with Gasteiger partial charge < -0.3 is 15.4 Å². The van der Waals surface area contributed by atoms with Gasteiger partial charge in [0.1, 0.15) is 5.69 Å². The van der Waals surface area contributed by atoms with Crippen LogP contribution in [0.25, 0.3) is 0 Å². The van der Waals surface area contributed by atoms with Crippen molar-refractivity contribution in [3.63, 3.8) is 0 Å². The molecule has 0 aromatic carbocycles. The molecule has 0 saturated carbocycles. The SMILES string of the molecule is Cl.O=C(NCC1CNCCO1)c1ccc(Br)cn1. The number of amides is 1. The van der Waals surface area contributed by atoms with Crippen molar-refractivity contribution in [2.24, 2.45) is 0 Å². The number of aromatic nitrogens is 1. The Morgan fingerprint density at radius 3 is 3.06 bits per heavy atom. The van der Waals surface area contributed by atoms with Crippen LogP contribution in [0.4, 0.5) is 0 Å². The Morgan fingerprint density at radius 1 is 1.61 bits per heavy atom. The minimum atomic E-state index is -0.174. The first-order chi connectivity index (χ1) is 8.25. The number of nitrogens with one attached hydrogen (secondary N) is 2. The molecule has 0 spiro atoms. The highest BCUT2D eigenvalue weighted by Crippen LogP contribution is 2.07. The van der Waals surface area contributed by atoms with Crippen LogP contribution in [-0.2, 0) is 4.74 Å². The first-order valence-electron chi connectivity index (χ1n) is 5.48. The minimum absolute atomic E-state index is 0. The van der Waals surface area contributed by atoms with Gasteiger partial charge in [-0.1, -0.05) is 0 Å². The van der Waals surface area contributed by atoms with Crippen LogP contribution in [0.15, 0.2) is 22.8 Å². The molecule has 2 rings (SSSR count). The van der Waals surface area contributed by atoms with Crippen LogP contribution in [0.2, 0.25) is 0 Å². The molecule has 7 heteroatoms. The molecule has 1 aliphatic rings. The van der Waals surface area contributed by atoms with Gasteiger partial charge in [-0.3, -0.25) is 4.79 Å². The fourth-order valence-corrected chi connectivity index (χ4v) is 1.79. The van der Waals surface area contributed by atoms with Gasteiger partial charge in [0.2, 0.25) is 0 Å². The van der Waals surface area contributed by atoms with Gasteiger partial charge in [0.25, 0.3) is 5.91 Å². The standard InChI is InChI=1S/C11H14BrN3O2.ClH/c12-8-1-2-10(14-5-8)11(16)15-7-9-6-13-3-4-17-9;/h1-2,5,9,13H,3-4,6-7H2,(H,15,16);1H. The number of ether oxygens (including phenoxy) is 1. The van der Waals surface area contributed by atoms with E-state index < -0.39 is 0 Å². The number of hydrogen-bond donors (Lipinski definition) is 2. The highest BCUT2D eigenvalue weighted by atomic mass is 79.9. The summed E-state index contributed by atoms with van der Waals surface area (Å²) in [7, 11) is 0. The molecule has 0 aliphatic carbocycles. The maximum Gasteiger partial charge on any atom is 0.269 e. The number of rotatable bonds is 3. The third kappa shape index (κ3) is 4.53. The molecule has 1 atom stereocenters. The number of pyridine rings is 1.